The summed E-state index contributed by atoms with van der Waals surface area (Å²) in [6, 6.07) is 5.82. The summed E-state index contributed by atoms with van der Waals surface area (Å²) in [6.07, 6.45) is 1.73. The van der Waals surface area contributed by atoms with Gasteiger partial charge in [0.05, 0.1) is 12.2 Å². The fraction of sp³-hybridized carbons (Fsp3) is 0.542. The molecule has 2 amide bonds. The molecule has 1 aromatic carbocycles. The van der Waals surface area contributed by atoms with Crippen molar-refractivity contribution < 1.29 is 27.5 Å². The fourth-order valence-electron chi connectivity index (χ4n) is 4.83. The lowest BCUT2D eigenvalue weighted by molar-refractivity contribution is -0.142. The number of fused-ring (bicyclic) bond motifs is 1. The van der Waals surface area contributed by atoms with Gasteiger partial charge in [0.2, 0.25) is 5.91 Å². The summed E-state index contributed by atoms with van der Waals surface area (Å²) in [5.41, 5.74) is -0.966. The van der Waals surface area contributed by atoms with E-state index in [-0.39, 0.29) is 23.8 Å². The second kappa shape index (κ2) is 10.5. The normalized spacial score (nSPS) is 21.9. The highest BCUT2D eigenvalue weighted by Gasteiger charge is 2.38. The summed E-state index contributed by atoms with van der Waals surface area (Å²) < 4.78 is 45.4. The van der Waals surface area contributed by atoms with E-state index in [4.69, 9.17) is 16.3 Å². The zero-order valence-electron chi connectivity index (χ0n) is 19.2. The molecule has 1 fully saturated rings. The Hall–Kier alpha value is -2.75. The largest absolute Gasteiger partial charge is 0.493 e. The maximum atomic E-state index is 13.0. The van der Waals surface area contributed by atoms with Gasteiger partial charge < -0.3 is 15.0 Å². The Balaban J connectivity index is 1.47. The van der Waals surface area contributed by atoms with Gasteiger partial charge in [0, 0.05) is 36.3 Å². The highest BCUT2D eigenvalue weighted by molar-refractivity contribution is 6.31. The number of halogens is 4. The van der Waals surface area contributed by atoms with Crippen LogP contribution in [0.2, 0.25) is 5.02 Å². The van der Waals surface area contributed by atoms with Gasteiger partial charge >= 0.3 is 6.18 Å². The molecule has 1 spiro atoms. The molecule has 190 valence electrons. The molecule has 1 unspecified atom stereocenters. The van der Waals surface area contributed by atoms with Crippen molar-refractivity contribution in [2.45, 2.75) is 51.2 Å². The lowest BCUT2D eigenvalue weighted by Crippen LogP contribution is -2.51. The average Bonchev–Trinajstić information content (AvgIpc) is 3.29. The van der Waals surface area contributed by atoms with Crippen LogP contribution in [0.4, 0.5) is 13.2 Å². The second-order valence-electron chi connectivity index (χ2n) is 9.30. The van der Waals surface area contributed by atoms with E-state index in [0.29, 0.717) is 42.6 Å². The zero-order valence-corrected chi connectivity index (χ0v) is 20.0. The number of carbonyl (C=O) groups is 2. The Labute approximate surface area is 206 Å². The van der Waals surface area contributed by atoms with Gasteiger partial charge in [0.15, 0.2) is 5.69 Å². The summed E-state index contributed by atoms with van der Waals surface area (Å²) in [4.78, 5) is 27.7. The van der Waals surface area contributed by atoms with Crippen molar-refractivity contribution in [3.05, 3.63) is 46.7 Å². The molecule has 1 N–H and O–H groups in total. The van der Waals surface area contributed by atoms with Crippen LogP contribution >= 0.6 is 11.6 Å². The van der Waals surface area contributed by atoms with Crippen LogP contribution < -0.4 is 10.1 Å². The molecule has 11 heteroatoms. The fourth-order valence-corrected chi connectivity index (χ4v) is 5.00. The first-order valence-corrected chi connectivity index (χ1v) is 12.1. The van der Waals surface area contributed by atoms with Crippen molar-refractivity contribution in [1.29, 1.82) is 0 Å². The summed E-state index contributed by atoms with van der Waals surface area (Å²) in [6.45, 7) is 1.55. The molecule has 1 aromatic heterocycles. The number of nitrogens with zero attached hydrogens (tertiary/aromatic N) is 3. The van der Waals surface area contributed by atoms with Crippen LogP contribution in [0.3, 0.4) is 0 Å². The minimum Gasteiger partial charge on any atom is -0.493 e. The molecule has 2 aliphatic rings. The number of ether oxygens (including phenoxy) is 1. The van der Waals surface area contributed by atoms with Crippen LogP contribution in [0.1, 0.15) is 54.6 Å². The van der Waals surface area contributed by atoms with Crippen LogP contribution in [-0.4, -0.2) is 52.7 Å². The van der Waals surface area contributed by atoms with Gasteiger partial charge in [-0.2, -0.15) is 18.3 Å². The number of aromatic nitrogens is 2. The number of carbonyl (C=O) groups excluding carboxylic acids is 2. The Morgan fingerprint density at radius 1 is 1.17 bits per heavy atom. The van der Waals surface area contributed by atoms with E-state index in [1.165, 1.54) is 6.20 Å². The smallest absolute Gasteiger partial charge is 0.435 e. The summed E-state index contributed by atoms with van der Waals surface area (Å²) in [7, 11) is 0. The first kappa shape index (κ1) is 25.3. The molecule has 1 atom stereocenters. The molecule has 7 nitrogen and oxygen atoms in total. The molecule has 0 aliphatic carbocycles. The molecule has 0 saturated carbocycles. The van der Waals surface area contributed by atoms with E-state index in [0.717, 1.165) is 49.3 Å². The number of hydrogen-bond acceptors (Lipinski definition) is 4. The summed E-state index contributed by atoms with van der Waals surface area (Å²) in [5, 5.41) is 6.94. The summed E-state index contributed by atoms with van der Waals surface area (Å²) >= 11 is 6.11. The number of hydrogen-bond donors (Lipinski definition) is 1. The minimum absolute atomic E-state index is 0.262. The third-order valence-corrected chi connectivity index (χ3v) is 6.90. The van der Waals surface area contributed by atoms with Crippen molar-refractivity contribution in [2.75, 3.05) is 26.2 Å². The van der Waals surface area contributed by atoms with Crippen molar-refractivity contribution in [2.24, 2.45) is 5.41 Å². The molecule has 0 radical (unpaired) electrons. The molecular weight excluding hydrogens is 485 g/mol. The first-order valence-electron chi connectivity index (χ1n) is 11.7. The third kappa shape index (κ3) is 6.28. The molecule has 2 aromatic rings. The van der Waals surface area contributed by atoms with Crippen LogP contribution in [0.5, 0.6) is 5.75 Å². The first-order chi connectivity index (χ1) is 16.7. The van der Waals surface area contributed by atoms with E-state index in [1.54, 1.807) is 23.1 Å². The highest BCUT2D eigenvalue weighted by Crippen LogP contribution is 2.36. The SMILES string of the molecule is O=C1NCC2(CCCCCOc3ccc(Cl)cc31)CCCN(C(=O)Cn1ccc(C(F)(F)F)n1)C2. The lowest BCUT2D eigenvalue weighted by Gasteiger charge is -2.43. The van der Waals surface area contributed by atoms with Crippen molar-refractivity contribution in [3.63, 3.8) is 0 Å². The zero-order chi connectivity index (χ0) is 25.1. The molecule has 1 saturated heterocycles. The summed E-state index contributed by atoms with van der Waals surface area (Å²) in [5.74, 6) is -0.0922. The maximum absolute atomic E-state index is 13.0. The quantitative estimate of drug-likeness (QED) is 0.640. The number of rotatable bonds is 2. The highest BCUT2D eigenvalue weighted by atomic mass is 35.5. The van der Waals surface area contributed by atoms with E-state index in [9.17, 15) is 22.8 Å². The van der Waals surface area contributed by atoms with Crippen molar-refractivity contribution in [1.82, 2.24) is 20.0 Å². The predicted octanol–water partition coefficient (Wildman–Crippen LogP) is 4.55. The monoisotopic (exact) mass is 512 g/mol. The number of likely N-dealkylation sites (tertiary alicyclic amines) is 1. The Bertz CT molecular complexity index is 1070. The number of piperidine rings is 1. The Morgan fingerprint density at radius 3 is 2.74 bits per heavy atom. The van der Waals surface area contributed by atoms with Gasteiger partial charge in [-0.1, -0.05) is 24.4 Å². The number of alkyl halides is 3. The molecule has 4 rings (SSSR count). The topological polar surface area (TPSA) is 76.5 Å². The molecular formula is C24H28ClF3N4O3. The standard InChI is InChI=1S/C24H28ClF3N4O3/c25-17-5-6-19-18(13-17)22(34)29-15-23(8-2-1-3-12-35-19)9-4-10-31(16-23)21(33)14-32-11-7-20(30-32)24(26,27)28/h5-7,11,13H,1-4,8-10,12,14-16H2,(H,29,34). The van der Waals surface area contributed by atoms with Gasteiger partial charge in [0.1, 0.15) is 12.3 Å². The van der Waals surface area contributed by atoms with Gasteiger partial charge in [0.25, 0.3) is 5.91 Å². The van der Waals surface area contributed by atoms with E-state index >= 15 is 0 Å². The van der Waals surface area contributed by atoms with Gasteiger partial charge in [-0.15, -0.1) is 0 Å². The average molecular weight is 513 g/mol. The van der Waals surface area contributed by atoms with E-state index in [1.807, 2.05) is 0 Å². The van der Waals surface area contributed by atoms with Gasteiger partial charge in [-0.25, -0.2) is 0 Å². The number of amides is 2. The van der Waals surface area contributed by atoms with Crippen LogP contribution in [0, 0.1) is 5.41 Å². The maximum Gasteiger partial charge on any atom is 0.435 e. The molecule has 0 bridgehead atoms. The predicted molar refractivity (Wildman–Crippen MR) is 123 cm³/mol. The lowest BCUT2D eigenvalue weighted by atomic mass is 9.75. The van der Waals surface area contributed by atoms with Crippen LogP contribution in [-0.2, 0) is 17.5 Å². The second-order valence-corrected chi connectivity index (χ2v) is 9.73. The minimum atomic E-state index is -4.55. The molecule has 3 heterocycles. The van der Waals surface area contributed by atoms with E-state index < -0.39 is 11.9 Å². The Kier molecular flexibility index (Phi) is 7.59. The van der Waals surface area contributed by atoms with Gasteiger partial charge in [-0.05, 0) is 49.9 Å². The van der Waals surface area contributed by atoms with E-state index in [2.05, 4.69) is 10.4 Å². The third-order valence-electron chi connectivity index (χ3n) is 6.66. The van der Waals surface area contributed by atoms with Crippen molar-refractivity contribution in [3.8, 4) is 5.75 Å². The Morgan fingerprint density at radius 2 is 1.97 bits per heavy atom. The van der Waals surface area contributed by atoms with Crippen molar-refractivity contribution >= 4 is 23.4 Å². The van der Waals surface area contributed by atoms with Crippen LogP contribution in [0.25, 0.3) is 0 Å². The molecule has 35 heavy (non-hydrogen) atoms. The number of nitrogens with one attached hydrogen (secondary N) is 1. The van der Waals surface area contributed by atoms with Gasteiger partial charge in [-0.3, -0.25) is 14.3 Å². The molecule has 2 aliphatic heterocycles. The number of benzene rings is 1. The van der Waals surface area contributed by atoms with Crippen LogP contribution in [0.15, 0.2) is 30.5 Å².